The van der Waals surface area contributed by atoms with Crippen LogP contribution in [0, 0.1) is 5.92 Å². The van der Waals surface area contributed by atoms with Gasteiger partial charge >= 0.3 is 0 Å². The molecule has 0 amide bonds. The third-order valence-corrected chi connectivity index (χ3v) is 3.59. The maximum Gasteiger partial charge on any atom is 0.0681 e. The van der Waals surface area contributed by atoms with Gasteiger partial charge in [0.2, 0.25) is 0 Å². The number of hydrogen-bond acceptors (Lipinski definition) is 2. The minimum absolute atomic E-state index is 0.132. The summed E-state index contributed by atoms with van der Waals surface area (Å²) in [6, 6.07) is 8.90. The van der Waals surface area contributed by atoms with E-state index in [1.807, 2.05) is 12.1 Å². The summed E-state index contributed by atoms with van der Waals surface area (Å²) >= 11 is 0. The van der Waals surface area contributed by atoms with E-state index in [9.17, 15) is 0 Å². The van der Waals surface area contributed by atoms with Gasteiger partial charge in [-0.25, -0.2) is 0 Å². The van der Waals surface area contributed by atoms with Crippen molar-refractivity contribution >= 4 is 5.69 Å². The molecular formula is C14H21NO. The minimum Gasteiger partial charge on any atom is -0.392 e. The first-order chi connectivity index (χ1) is 7.70. The molecule has 1 N–H and O–H groups in total. The van der Waals surface area contributed by atoms with Crippen molar-refractivity contribution in [3.63, 3.8) is 0 Å². The summed E-state index contributed by atoms with van der Waals surface area (Å²) in [5, 5.41) is 9.01. The SMILES string of the molecule is CC1CCN(c2ccc(CO)cc2)C(C)C1. The number of piperidine rings is 1. The number of benzene rings is 1. The first-order valence-electron chi connectivity index (χ1n) is 6.17. The molecule has 1 aliphatic rings. The molecular weight excluding hydrogens is 198 g/mol. The van der Waals surface area contributed by atoms with Crippen LogP contribution in [0.25, 0.3) is 0 Å². The maximum atomic E-state index is 9.01. The Bertz CT molecular complexity index is 333. The van der Waals surface area contributed by atoms with E-state index in [-0.39, 0.29) is 6.61 Å². The Morgan fingerprint density at radius 3 is 2.50 bits per heavy atom. The third-order valence-electron chi connectivity index (χ3n) is 3.59. The highest BCUT2D eigenvalue weighted by Gasteiger charge is 2.22. The number of rotatable bonds is 2. The van der Waals surface area contributed by atoms with Crippen LogP contribution in [-0.4, -0.2) is 17.7 Å². The normalized spacial score (nSPS) is 25.8. The number of aliphatic hydroxyl groups is 1. The Labute approximate surface area is 97.9 Å². The van der Waals surface area contributed by atoms with Crippen molar-refractivity contribution in [1.82, 2.24) is 0 Å². The molecule has 2 heteroatoms. The molecule has 0 bridgehead atoms. The van der Waals surface area contributed by atoms with Crippen molar-refractivity contribution in [2.45, 2.75) is 39.3 Å². The van der Waals surface area contributed by atoms with E-state index in [1.165, 1.54) is 18.5 Å². The lowest BCUT2D eigenvalue weighted by Gasteiger charge is -2.38. The zero-order valence-corrected chi connectivity index (χ0v) is 10.2. The fourth-order valence-electron chi connectivity index (χ4n) is 2.58. The summed E-state index contributed by atoms with van der Waals surface area (Å²) in [4.78, 5) is 2.47. The van der Waals surface area contributed by atoms with Crippen LogP contribution < -0.4 is 4.90 Å². The average Bonchev–Trinajstić information content (AvgIpc) is 2.29. The molecule has 1 aromatic carbocycles. The molecule has 2 unspecified atom stereocenters. The lowest BCUT2D eigenvalue weighted by Crippen LogP contribution is -2.40. The monoisotopic (exact) mass is 219 g/mol. The van der Waals surface area contributed by atoms with E-state index < -0.39 is 0 Å². The van der Waals surface area contributed by atoms with E-state index in [4.69, 9.17) is 5.11 Å². The van der Waals surface area contributed by atoms with E-state index in [0.29, 0.717) is 6.04 Å². The summed E-state index contributed by atoms with van der Waals surface area (Å²) in [7, 11) is 0. The molecule has 0 radical (unpaired) electrons. The van der Waals surface area contributed by atoms with E-state index in [2.05, 4.69) is 30.9 Å². The second kappa shape index (κ2) is 4.88. The first-order valence-corrected chi connectivity index (χ1v) is 6.17. The van der Waals surface area contributed by atoms with Crippen LogP contribution in [0.1, 0.15) is 32.3 Å². The molecule has 1 saturated heterocycles. The third kappa shape index (κ3) is 2.38. The van der Waals surface area contributed by atoms with Gasteiger partial charge in [0.1, 0.15) is 0 Å². The predicted octanol–water partition coefficient (Wildman–Crippen LogP) is 2.80. The highest BCUT2D eigenvalue weighted by atomic mass is 16.3. The molecule has 2 rings (SSSR count). The zero-order chi connectivity index (χ0) is 11.5. The molecule has 1 aliphatic heterocycles. The summed E-state index contributed by atoms with van der Waals surface area (Å²) in [5.41, 5.74) is 2.28. The van der Waals surface area contributed by atoms with Crippen LogP contribution in [0.5, 0.6) is 0 Å². The Kier molecular flexibility index (Phi) is 3.49. The van der Waals surface area contributed by atoms with Crippen LogP contribution >= 0.6 is 0 Å². The number of anilines is 1. The van der Waals surface area contributed by atoms with E-state index >= 15 is 0 Å². The van der Waals surface area contributed by atoms with Gasteiger partial charge in [0.25, 0.3) is 0 Å². The Hall–Kier alpha value is -1.02. The Balaban J connectivity index is 2.11. The number of hydrogen-bond donors (Lipinski definition) is 1. The maximum absolute atomic E-state index is 9.01. The van der Waals surface area contributed by atoms with Crippen molar-refractivity contribution in [2.75, 3.05) is 11.4 Å². The van der Waals surface area contributed by atoms with Crippen LogP contribution in [0.4, 0.5) is 5.69 Å². The topological polar surface area (TPSA) is 23.5 Å². The summed E-state index contributed by atoms with van der Waals surface area (Å²) in [5.74, 6) is 0.850. The van der Waals surface area contributed by atoms with Crippen LogP contribution in [-0.2, 0) is 6.61 Å². The Morgan fingerprint density at radius 2 is 1.94 bits per heavy atom. The molecule has 1 fully saturated rings. The lowest BCUT2D eigenvalue weighted by atomic mass is 9.93. The smallest absolute Gasteiger partial charge is 0.0681 e. The molecule has 2 atom stereocenters. The van der Waals surface area contributed by atoms with Crippen molar-refractivity contribution in [2.24, 2.45) is 5.92 Å². The van der Waals surface area contributed by atoms with Gasteiger partial charge in [-0.2, -0.15) is 0 Å². The summed E-state index contributed by atoms with van der Waals surface area (Å²) in [6.07, 6.45) is 2.56. The minimum atomic E-state index is 0.132. The van der Waals surface area contributed by atoms with Gasteiger partial charge in [0, 0.05) is 18.3 Å². The van der Waals surface area contributed by atoms with Crippen molar-refractivity contribution in [3.05, 3.63) is 29.8 Å². The van der Waals surface area contributed by atoms with Crippen LogP contribution in [0.3, 0.4) is 0 Å². The molecule has 0 aromatic heterocycles. The van der Waals surface area contributed by atoms with Gasteiger partial charge in [0.05, 0.1) is 6.61 Å². The van der Waals surface area contributed by atoms with E-state index in [0.717, 1.165) is 18.0 Å². The molecule has 0 saturated carbocycles. The number of nitrogens with zero attached hydrogens (tertiary/aromatic N) is 1. The average molecular weight is 219 g/mol. The van der Waals surface area contributed by atoms with E-state index in [1.54, 1.807) is 0 Å². The van der Waals surface area contributed by atoms with Crippen molar-refractivity contribution < 1.29 is 5.11 Å². The molecule has 0 spiro atoms. The second-order valence-corrected chi connectivity index (χ2v) is 5.00. The summed E-state index contributed by atoms with van der Waals surface area (Å²) < 4.78 is 0. The van der Waals surface area contributed by atoms with Gasteiger partial charge in [-0.15, -0.1) is 0 Å². The second-order valence-electron chi connectivity index (χ2n) is 5.00. The molecule has 88 valence electrons. The zero-order valence-electron chi connectivity index (χ0n) is 10.2. The van der Waals surface area contributed by atoms with Gasteiger partial charge in [-0.05, 0) is 43.4 Å². The Morgan fingerprint density at radius 1 is 1.25 bits per heavy atom. The van der Waals surface area contributed by atoms with Gasteiger partial charge in [-0.3, -0.25) is 0 Å². The molecule has 1 aromatic rings. The van der Waals surface area contributed by atoms with Crippen molar-refractivity contribution in [1.29, 1.82) is 0 Å². The number of aliphatic hydroxyl groups excluding tert-OH is 1. The standard InChI is InChI=1S/C14H21NO/c1-11-7-8-15(12(2)9-11)14-5-3-13(10-16)4-6-14/h3-6,11-12,16H,7-10H2,1-2H3. The van der Waals surface area contributed by atoms with Crippen molar-refractivity contribution in [3.8, 4) is 0 Å². The first kappa shape index (κ1) is 11.5. The van der Waals surface area contributed by atoms with Crippen LogP contribution in [0.15, 0.2) is 24.3 Å². The lowest BCUT2D eigenvalue weighted by molar-refractivity contribution is 0.282. The predicted molar refractivity (Wildman–Crippen MR) is 67.6 cm³/mol. The molecule has 1 heterocycles. The van der Waals surface area contributed by atoms with Gasteiger partial charge in [0.15, 0.2) is 0 Å². The largest absolute Gasteiger partial charge is 0.392 e. The quantitative estimate of drug-likeness (QED) is 0.826. The molecule has 16 heavy (non-hydrogen) atoms. The molecule has 0 aliphatic carbocycles. The molecule has 2 nitrogen and oxygen atoms in total. The highest BCUT2D eigenvalue weighted by Crippen LogP contribution is 2.27. The van der Waals surface area contributed by atoms with Gasteiger partial charge in [-0.1, -0.05) is 19.1 Å². The summed E-state index contributed by atoms with van der Waals surface area (Å²) in [6.45, 7) is 5.92. The van der Waals surface area contributed by atoms with Crippen LogP contribution in [0.2, 0.25) is 0 Å². The fourth-order valence-corrected chi connectivity index (χ4v) is 2.58. The highest BCUT2D eigenvalue weighted by molar-refractivity contribution is 5.48. The van der Waals surface area contributed by atoms with Gasteiger partial charge < -0.3 is 10.0 Å². The fraction of sp³-hybridized carbons (Fsp3) is 0.571.